The largest absolute Gasteiger partial charge is 0.391 e. The van der Waals surface area contributed by atoms with Gasteiger partial charge in [-0.15, -0.1) is 0 Å². The molecule has 0 aromatic carbocycles. The first-order valence-corrected chi connectivity index (χ1v) is 5.45. The van der Waals surface area contributed by atoms with Crippen molar-refractivity contribution in [2.45, 2.75) is 25.9 Å². The fourth-order valence-electron chi connectivity index (χ4n) is 1.46. The van der Waals surface area contributed by atoms with E-state index in [0.29, 0.717) is 23.4 Å². The number of aliphatic hydroxyl groups excluding tert-OH is 1. The predicted molar refractivity (Wildman–Crippen MR) is 59.0 cm³/mol. The molecular weight excluding hydrogens is 214 g/mol. The number of anilines is 1. The summed E-state index contributed by atoms with van der Waals surface area (Å²) in [5, 5.41) is 13.2. The smallest absolute Gasteiger partial charge is 0.137 e. The molecular formula is C10H14ClN3O. The maximum Gasteiger partial charge on any atom is 0.137 e. The SMILES string of the molecule is Cc1c(Cl)ncnc1NCC(O)C1CC1. The Hall–Kier alpha value is -0.870. The summed E-state index contributed by atoms with van der Waals surface area (Å²) in [6, 6.07) is 0. The minimum absolute atomic E-state index is 0.279. The third-order valence-corrected chi connectivity index (χ3v) is 3.05. The summed E-state index contributed by atoms with van der Waals surface area (Å²) in [4.78, 5) is 7.94. The van der Waals surface area contributed by atoms with E-state index in [-0.39, 0.29) is 6.10 Å². The second-order valence-electron chi connectivity index (χ2n) is 3.92. The molecule has 1 saturated carbocycles. The van der Waals surface area contributed by atoms with Gasteiger partial charge in [0.2, 0.25) is 0 Å². The van der Waals surface area contributed by atoms with Gasteiger partial charge in [-0.2, -0.15) is 0 Å². The van der Waals surface area contributed by atoms with E-state index in [4.69, 9.17) is 11.6 Å². The summed E-state index contributed by atoms with van der Waals surface area (Å²) in [6.07, 6.45) is 3.40. The first kappa shape index (κ1) is 10.6. The average molecular weight is 228 g/mol. The summed E-state index contributed by atoms with van der Waals surface area (Å²) in [5.41, 5.74) is 0.821. The van der Waals surface area contributed by atoms with Gasteiger partial charge in [-0.05, 0) is 25.7 Å². The monoisotopic (exact) mass is 227 g/mol. The Kier molecular flexibility index (Phi) is 3.07. The van der Waals surface area contributed by atoms with Crippen LogP contribution in [0.4, 0.5) is 5.82 Å². The van der Waals surface area contributed by atoms with Gasteiger partial charge in [-0.3, -0.25) is 0 Å². The van der Waals surface area contributed by atoms with Crippen LogP contribution in [0.25, 0.3) is 0 Å². The number of halogens is 1. The van der Waals surface area contributed by atoms with Crippen molar-refractivity contribution in [3.05, 3.63) is 17.0 Å². The van der Waals surface area contributed by atoms with Crippen LogP contribution in [0.1, 0.15) is 18.4 Å². The molecule has 1 aromatic rings. The van der Waals surface area contributed by atoms with Gasteiger partial charge in [0.25, 0.3) is 0 Å². The lowest BCUT2D eigenvalue weighted by atomic mass is 10.2. The molecule has 15 heavy (non-hydrogen) atoms. The highest BCUT2D eigenvalue weighted by atomic mass is 35.5. The first-order chi connectivity index (χ1) is 7.18. The molecule has 1 fully saturated rings. The molecule has 82 valence electrons. The summed E-state index contributed by atoms with van der Waals surface area (Å²) in [6.45, 7) is 2.38. The van der Waals surface area contributed by atoms with Crippen LogP contribution in [0, 0.1) is 12.8 Å². The molecule has 1 aliphatic rings. The highest BCUT2D eigenvalue weighted by molar-refractivity contribution is 6.30. The summed E-state index contributed by atoms with van der Waals surface area (Å²) < 4.78 is 0. The Bertz CT molecular complexity index is 355. The van der Waals surface area contributed by atoms with E-state index in [1.807, 2.05) is 6.92 Å². The Labute approximate surface area is 93.7 Å². The highest BCUT2D eigenvalue weighted by Crippen LogP contribution is 2.32. The van der Waals surface area contributed by atoms with Gasteiger partial charge in [-0.1, -0.05) is 11.6 Å². The lowest BCUT2D eigenvalue weighted by Crippen LogP contribution is -2.22. The number of aliphatic hydroxyl groups is 1. The Balaban J connectivity index is 1.95. The summed E-state index contributed by atoms with van der Waals surface area (Å²) in [5.74, 6) is 1.17. The third kappa shape index (κ3) is 2.58. The minimum atomic E-state index is -0.279. The molecule has 0 spiro atoms. The van der Waals surface area contributed by atoms with Crippen molar-refractivity contribution in [2.24, 2.45) is 5.92 Å². The number of nitrogens with zero attached hydrogens (tertiary/aromatic N) is 2. The van der Waals surface area contributed by atoms with E-state index in [9.17, 15) is 5.11 Å². The maximum absolute atomic E-state index is 9.67. The van der Waals surface area contributed by atoms with Crippen molar-refractivity contribution in [3.8, 4) is 0 Å². The molecule has 2 rings (SSSR count). The van der Waals surface area contributed by atoms with Crippen LogP contribution in [-0.2, 0) is 0 Å². The van der Waals surface area contributed by atoms with Gasteiger partial charge >= 0.3 is 0 Å². The van der Waals surface area contributed by atoms with Gasteiger partial charge in [0.05, 0.1) is 6.10 Å². The van der Waals surface area contributed by atoms with Crippen molar-refractivity contribution >= 4 is 17.4 Å². The lowest BCUT2D eigenvalue weighted by molar-refractivity contribution is 0.164. The quantitative estimate of drug-likeness (QED) is 0.768. The normalized spacial score (nSPS) is 17.5. The van der Waals surface area contributed by atoms with Crippen LogP contribution in [0.5, 0.6) is 0 Å². The fraction of sp³-hybridized carbons (Fsp3) is 0.600. The summed E-state index contributed by atoms with van der Waals surface area (Å²) >= 11 is 5.85. The lowest BCUT2D eigenvalue weighted by Gasteiger charge is -2.12. The van der Waals surface area contributed by atoms with Crippen LogP contribution < -0.4 is 5.32 Å². The van der Waals surface area contributed by atoms with Crippen LogP contribution >= 0.6 is 11.6 Å². The average Bonchev–Trinajstić information content (AvgIpc) is 3.03. The highest BCUT2D eigenvalue weighted by Gasteiger charge is 2.29. The Morgan fingerprint density at radius 1 is 1.60 bits per heavy atom. The molecule has 0 amide bonds. The van der Waals surface area contributed by atoms with E-state index in [1.54, 1.807) is 0 Å². The standard InChI is InChI=1S/C10H14ClN3O/c1-6-9(11)13-5-14-10(6)12-4-8(15)7-2-3-7/h5,7-8,15H,2-4H2,1H3,(H,12,13,14). The van der Waals surface area contributed by atoms with Gasteiger partial charge in [0.1, 0.15) is 17.3 Å². The van der Waals surface area contributed by atoms with Crippen LogP contribution in [0.2, 0.25) is 5.15 Å². The van der Waals surface area contributed by atoms with Crippen LogP contribution in [0.3, 0.4) is 0 Å². The number of hydrogen-bond acceptors (Lipinski definition) is 4. The van der Waals surface area contributed by atoms with Crippen molar-refractivity contribution in [1.82, 2.24) is 9.97 Å². The summed E-state index contributed by atoms with van der Waals surface area (Å²) in [7, 11) is 0. The second kappa shape index (κ2) is 4.33. The van der Waals surface area contributed by atoms with Gasteiger partial charge < -0.3 is 10.4 Å². The van der Waals surface area contributed by atoms with Crippen molar-refractivity contribution in [1.29, 1.82) is 0 Å². The van der Waals surface area contributed by atoms with E-state index in [2.05, 4.69) is 15.3 Å². The molecule has 1 atom stereocenters. The Morgan fingerprint density at radius 3 is 3.00 bits per heavy atom. The molecule has 5 heteroatoms. The maximum atomic E-state index is 9.67. The molecule has 1 heterocycles. The number of aromatic nitrogens is 2. The molecule has 1 aliphatic carbocycles. The van der Waals surface area contributed by atoms with E-state index >= 15 is 0 Å². The van der Waals surface area contributed by atoms with Gasteiger partial charge in [0, 0.05) is 12.1 Å². The van der Waals surface area contributed by atoms with Crippen molar-refractivity contribution in [2.75, 3.05) is 11.9 Å². The molecule has 0 radical (unpaired) electrons. The second-order valence-corrected chi connectivity index (χ2v) is 4.28. The van der Waals surface area contributed by atoms with Crippen molar-refractivity contribution < 1.29 is 5.11 Å². The van der Waals surface area contributed by atoms with E-state index < -0.39 is 0 Å². The minimum Gasteiger partial charge on any atom is -0.391 e. The van der Waals surface area contributed by atoms with Crippen LogP contribution in [-0.4, -0.2) is 27.7 Å². The predicted octanol–water partition coefficient (Wildman–Crippen LogP) is 1.62. The Morgan fingerprint density at radius 2 is 2.33 bits per heavy atom. The molecule has 0 saturated heterocycles. The van der Waals surface area contributed by atoms with Gasteiger partial charge in [0.15, 0.2) is 0 Å². The zero-order valence-electron chi connectivity index (χ0n) is 8.57. The molecule has 1 unspecified atom stereocenters. The van der Waals surface area contributed by atoms with E-state index in [0.717, 1.165) is 18.4 Å². The topological polar surface area (TPSA) is 58.0 Å². The molecule has 4 nitrogen and oxygen atoms in total. The third-order valence-electron chi connectivity index (χ3n) is 2.67. The number of rotatable bonds is 4. The molecule has 1 aromatic heterocycles. The van der Waals surface area contributed by atoms with Gasteiger partial charge in [-0.25, -0.2) is 9.97 Å². The molecule has 0 aliphatic heterocycles. The van der Waals surface area contributed by atoms with Crippen LogP contribution in [0.15, 0.2) is 6.33 Å². The van der Waals surface area contributed by atoms with E-state index in [1.165, 1.54) is 6.33 Å². The molecule has 2 N–H and O–H groups in total. The number of nitrogens with one attached hydrogen (secondary N) is 1. The first-order valence-electron chi connectivity index (χ1n) is 5.07. The number of hydrogen-bond donors (Lipinski definition) is 2. The zero-order valence-corrected chi connectivity index (χ0v) is 9.33. The fourth-order valence-corrected chi connectivity index (χ4v) is 1.59. The molecule has 0 bridgehead atoms. The zero-order chi connectivity index (χ0) is 10.8. The van der Waals surface area contributed by atoms with Crippen molar-refractivity contribution in [3.63, 3.8) is 0 Å².